The number of halogens is 1. The lowest BCUT2D eigenvalue weighted by atomic mass is 9.97. The Balaban J connectivity index is 2.61. The van der Waals surface area contributed by atoms with Gasteiger partial charge in [0, 0.05) is 5.31 Å². The van der Waals surface area contributed by atoms with Crippen LogP contribution in [0.15, 0.2) is 10.8 Å². The zero-order valence-corrected chi connectivity index (χ0v) is 9.09. The highest BCUT2D eigenvalue weighted by molar-refractivity contribution is 7.96. The molecule has 1 heterocycles. The third-order valence-corrected chi connectivity index (χ3v) is 4.24. The molecule has 0 fully saturated rings. The van der Waals surface area contributed by atoms with E-state index in [4.69, 9.17) is 16.0 Å². The van der Waals surface area contributed by atoms with Gasteiger partial charge in [-0.3, -0.25) is 0 Å². The van der Waals surface area contributed by atoms with Crippen LogP contribution in [0.1, 0.15) is 27.7 Å². The van der Waals surface area contributed by atoms with Gasteiger partial charge in [-0.05, 0) is 12.3 Å². The first-order chi connectivity index (χ1) is 4.98. The standard InChI is InChI=1S/C8H14ClOP/c1-5-10-7-6(11(7)9)8(2,3)4/h5H2,1-4H3. The van der Waals surface area contributed by atoms with Crippen molar-refractivity contribution in [1.29, 1.82) is 0 Å². The van der Waals surface area contributed by atoms with E-state index in [1.165, 1.54) is 5.31 Å². The summed E-state index contributed by atoms with van der Waals surface area (Å²) in [4.78, 5) is 0. The van der Waals surface area contributed by atoms with Crippen molar-refractivity contribution in [3.8, 4) is 0 Å². The van der Waals surface area contributed by atoms with Gasteiger partial charge in [0.05, 0.1) is 13.9 Å². The molecule has 1 aliphatic heterocycles. The third kappa shape index (κ3) is 1.89. The lowest BCUT2D eigenvalue weighted by Gasteiger charge is -2.11. The smallest absolute Gasteiger partial charge is 0.143 e. The average molecular weight is 193 g/mol. The van der Waals surface area contributed by atoms with E-state index in [2.05, 4.69) is 20.8 Å². The first kappa shape index (κ1) is 9.35. The van der Waals surface area contributed by atoms with E-state index < -0.39 is 7.27 Å². The highest BCUT2D eigenvalue weighted by Gasteiger charge is 2.44. The van der Waals surface area contributed by atoms with Gasteiger partial charge in [0.2, 0.25) is 0 Å². The van der Waals surface area contributed by atoms with E-state index in [9.17, 15) is 0 Å². The van der Waals surface area contributed by atoms with Crippen LogP contribution >= 0.6 is 18.5 Å². The van der Waals surface area contributed by atoms with Gasteiger partial charge in [-0.2, -0.15) is 0 Å². The minimum absolute atomic E-state index is 0.206. The van der Waals surface area contributed by atoms with Crippen molar-refractivity contribution in [3.63, 3.8) is 0 Å². The van der Waals surface area contributed by atoms with E-state index >= 15 is 0 Å². The van der Waals surface area contributed by atoms with Crippen LogP contribution in [-0.2, 0) is 4.74 Å². The predicted octanol–water partition coefficient (Wildman–Crippen LogP) is 3.89. The maximum Gasteiger partial charge on any atom is 0.143 e. The van der Waals surface area contributed by atoms with Gasteiger partial charge < -0.3 is 4.74 Å². The van der Waals surface area contributed by atoms with Gasteiger partial charge in [0.15, 0.2) is 0 Å². The SMILES string of the molecule is CCOC1=C(C(C)(C)C)P1Cl. The minimum atomic E-state index is -0.508. The van der Waals surface area contributed by atoms with Crippen LogP contribution in [0.2, 0.25) is 0 Å². The molecule has 1 nitrogen and oxygen atoms in total. The number of hydrogen-bond acceptors (Lipinski definition) is 1. The lowest BCUT2D eigenvalue weighted by molar-refractivity contribution is 0.258. The summed E-state index contributed by atoms with van der Waals surface area (Å²) in [6.45, 7) is 9.25. The topological polar surface area (TPSA) is 9.23 Å². The molecular formula is C8H14ClOP. The fourth-order valence-electron chi connectivity index (χ4n) is 1.01. The number of ether oxygens (including phenoxy) is 1. The van der Waals surface area contributed by atoms with Crippen molar-refractivity contribution >= 4 is 18.5 Å². The Morgan fingerprint density at radius 3 is 2.27 bits per heavy atom. The summed E-state index contributed by atoms with van der Waals surface area (Å²) in [6, 6.07) is 0. The molecule has 0 saturated carbocycles. The molecule has 1 aliphatic rings. The van der Waals surface area contributed by atoms with Gasteiger partial charge >= 0.3 is 0 Å². The van der Waals surface area contributed by atoms with Crippen LogP contribution in [0.5, 0.6) is 0 Å². The molecule has 0 aromatic rings. The summed E-state index contributed by atoms with van der Waals surface area (Å²) in [6.07, 6.45) is 0. The molecule has 11 heavy (non-hydrogen) atoms. The van der Waals surface area contributed by atoms with Crippen LogP contribution in [0.3, 0.4) is 0 Å². The second-order valence-electron chi connectivity index (χ2n) is 3.62. The Morgan fingerprint density at radius 1 is 1.45 bits per heavy atom. The van der Waals surface area contributed by atoms with Crippen molar-refractivity contribution in [2.75, 3.05) is 6.61 Å². The second kappa shape index (κ2) is 2.95. The van der Waals surface area contributed by atoms with Crippen LogP contribution in [0.25, 0.3) is 0 Å². The Bertz CT molecular complexity index is 193. The second-order valence-corrected chi connectivity index (χ2v) is 6.05. The molecule has 0 aromatic heterocycles. The van der Waals surface area contributed by atoms with E-state index in [0.29, 0.717) is 0 Å². The molecule has 0 amide bonds. The molecular weight excluding hydrogens is 179 g/mol. The Hall–Kier alpha value is 0.260. The van der Waals surface area contributed by atoms with E-state index in [-0.39, 0.29) is 5.41 Å². The average Bonchev–Trinajstić information content (AvgIpc) is 2.41. The van der Waals surface area contributed by atoms with Gasteiger partial charge in [0.25, 0.3) is 0 Å². The zero-order valence-electron chi connectivity index (χ0n) is 7.44. The largest absolute Gasteiger partial charge is 0.492 e. The number of hydrogen-bond donors (Lipinski definition) is 0. The Labute approximate surface area is 74.3 Å². The van der Waals surface area contributed by atoms with Crippen LogP contribution in [0.4, 0.5) is 0 Å². The monoisotopic (exact) mass is 192 g/mol. The first-order valence-electron chi connectivity index (χ1n) is 3.82. The molecule has 0 spiro atoms. The van der Waals surface area contributed by atoms with E-state index in [1.54, 1.807) is 0 Å². The molecule has 0 bridgehead atoms. The maximum atomic E-state index is 6.05. The molecule has 0 saturated heterocycles. The van der Waals surface area contributed by atoms with Crippen LogP contribution in [0, 0.1) is 5.41 Å². The fourth-order valence-corrected chi connectivity index (χ4v) is 4.09. The molecule has 0 aromatic carbocycles. The molecule has 0 radical (unpaired) electrons. The van der Waals surface area contributed by atoms with Crippen molar-refractivity contribution in [2.45, 2.75) is 27.7 Å². The summed E-state index contributed by atoms with van der Waals surface area (Å²) in [5, 5.41) is 1.33. The summed E-state index contributed by atoms with van der Waals surface area (Å²) in [5.74, 6) is 0. The van der Waals surface area contributed by atoms with Crippen LogP contribution in [-0.4, -0.2) is 6.61 Å². The highest BCUT2D eigenvalue weighted by atomic mass is 35.7. The van der Waals surface area contributed by atoms with Gasteiger partial charge in [-0.1, -0.05) is 32.0 Å². The fraction of sp³-hybridized carbons (Fsp3) is 0.750. The lowest BCUT2D eigenvalue weighted by Crippen LogP contribution is -2.00. The summed E-state index contributed by atoms with van der Waals surface area (Å²) >= 11 is 6.05. The van der Waals surface area contributed by atoms with Gasteiger partial charge in [-0.25, -0.2) is 0 Å². The molecule has 0 aliphatic carbocycles. The summed E-state index contributed by atoms with van der Waals surface area (Å²) in [5.41, 5.74) is 1.27. The maximum absolute atomic E-state index is 6.05. The van der Waals surface area contributed by atoms with Crippen molar-refractivity contribution in [1.82, 2.24) is 0 Å². The predicted molar refractivity (Wildman–Crippen MR) is 50.9 cm³/mol. The molecule has 0 N–H and O–H groups in total. The summed E-state index contributed by atoms with van der Waals surface area (Å²) < 4.78 is 5.38. The van der Waals surface area contributed by atoms with E-state index in [0.717, 1.165) is 12.1 Å². The zero-order chi connectivity index (χ0) is 8.65. The van der Waals surface area contributed by atoms with Crippen molar-refractivity contribution < 1.29 is 4.74 Å². The van der Waals surface area contributed by atoms with Gasteiger partial charge in [0.1, 0.15) is 5.50 Å². The minimum Gasteiger partial charge on any atom is -0.492 e. The number of allylic oxidation sites excluding steroid dienone is 1. The molecule has 3 heteroatoms. The Kier molecular flexibility index (Phi) is 2.51. The third-order valence-electron chi connectivity index (χ3n) is 1.52. The first-order valence-corrected chi connectivity index (χ1v) is 6.06. The highest BCUT2D eigenvalue weighted by Crippen LogP contribution is 2.78. The molecule has 64 valence electrons. The molecule has 1 rings (SSSR count). The molecule has 1 atom stereocenters. The Morgan fingerprint density at radius 2 is 2.00 bits per heavy atom. The number of rotatable bonds is 2. The van der Waals surface area contributed by atoms with Crippen LogP contribution < -0.4 is 0 Å². The molecule has 1 unspecified atom stereocenters. The normalized spacial score (nSPS) is 23.9. The van der Waals surface area contributed by atoms with Crippen molar-refractivity contribution in [3.05, 3.63) is 10.8 Å². The quantitative estimate of drug-likeness (QED) is 0.604. The van der Waals surface area contributed by atoms with E-state index in [1.807, 2.05) is 6.92 Å². The summed E-state index contributed by atoms with van der Waals surface area (Å²) in [7, 11) is -0.508. The van der Waals surface area contributed by atoms with Crippen molar-refractivity contribution in [2.24, 2.45) is 5.41 Å². The van der Waals surface area contributed by atoms with Gasteiger partial charge in [-0.15, -0.1) is 0 Å².